The third-order valence-electron chi connectivity index (χ3n) is 2.88. The maximum Gasteiger partial charge on any atom is 0.296 e. The normalized spacial score (nSPS) is 12.0. The van der Waals surface area contributed by atoms with Crippen LogP contribution < -0.4 is 0 Å². The van der Waals surface area contributed by atoms with Crippen molar-refractivity contribution in [3.8, 4) is 0 Å². The zero-order valence-corrected chi connectivity index (χ0v) is 13.0. The quantitative estimate of drug-likeness (QED) is 0.653. The first-order valence-corrected chi connectivity index (χ1v) is 7.84. The van der Waals surface area contributed by atoms with E-state index in [1.165, 1.54) is 0 Å². The lowest BCUT2D eigenvalue weighted by molar-refractivity contribution is 0.0730. The largest absolute Gasteiger partial charge is 0.384 e. The molecule has 0 aliphatic carbocycles. The van der Waals surface area contributed by atoms with Crippen LogP contribution in [0.15, 0.2) is 29.2 Å². The van der Waals surface area contributed by atoms with Crippen molar-refractivity contribution in [1.29, 1.82) is 0 Å². The van der Waals surface area contributed by atoms with Crippen LogP contribution in [-0.4, -0.2) is 42.5 Å². The van der Waals surface area contributed by atoms with Crippen LogP contribution in [0.1, 0.15) is 12.0 Å². The van der Waals surface area contributed by atoms with Gasteiger partial charge in [-0.1, -0.05) is 17.7 Å². The molecular weight excluding hydrogens is 280 g/mol. The maximum atomic E-state index is 12.0. The van der Waals surface area contributed by atoms with Gasteiger partial charge in [-0.25, -0.2) is 0 Å². The highest BCUT2D eigenvalue weighted by molar-refractivity contribution is 7.86. The number of aryl methyl sites for hydroxylation is 1. The number of ether oxygens (including phenoxy) is 2. The molecule has 114 valence electrons. The van der Waals surface area contributed by atoms with Crippen molar-refractivity contribution in [2.75, 3.05) is 34.0 Å². The molecule has 1 rings (SSSR count). The molecule has 20 heavy (non-hydrogen) atoms. The minimum Gasteiger partial charge on any atom is -0.384 e. The van der Waals surface area contributed by atoms with Gasteiger partial charge in [0.25, 0.3) is 10.1 Å². The van der Waals surface area contributed by atoms with Crippen LogP contribution in [0.5, 0.6) is 0 Å². The fourth-order valence-electron chi connectivity index (χ4n) is 1.78. The summed E-state index contributed by atoms with van der Waals surface area (Å²) in [6, 6.07) is 6.59. The molecule has 0 radical (unpaired) electrons. The van der Waals surface area contributed by atoms with Crippen molar-refractivity contribution < 1.29 is 22.1 Å². The first-order valence-electron chi connectivity index (χ1n) is 6.43. The van der Waals surface area contributed by atoms with E-state index in [2.05, 4.69) is 0 Å². The summed E-state index contributed by atoms with van der Waals surface area (Å²) in [6.07, 6.45) is 0.562. The highest BCUT2D eigenvalue weighted by atomic mass is 32.2. The molecule has 1 aromatic carbocycles. The smallest absolute Gasteiger partial charge is 0.296 e. The summed E-state index contributed by atoms with van der Waals surface area (Å²) < 4.78 is 39.1. The Labute approximate surface area is 121 Å². The number of hydrogen-bond acceptors (Lipinski definition) is 5. The SMILES string of the molecule is COCC(CCOS(=O)(=O)c1ccc(C)cc1)COC. The van der Waals surface area contributed by atoms with Gasteiger partial charge in [-0.3, -0.25) is 4.18 Å². The molecule has 1 aromatic rings. The highest BCUT2D eigenvalue weighted by Crippen LogP contribution is 2.14. The van der Waals surface area contributed by atoms with Gasteiger partial charge in [0, 0.05) is 20.1 Å². The monoisotopic (exact) mass is 302 g/mol. The summed E-state index contributed by atoms with van der Waals surface area (Å²) in [4.78, 5) is 0.179. The molecule has 0 atom stereocenters. The summed E-state index contributed by atoms with van der Waals surface area (Å²) >= 11 is 0. The second-order valence-electron chi connectivity index (χ2n) is 4.65. The van der Waals surface area contributed by atoms with Crippen LogP contribution >= 0.6 is 0 Å². The van der Waals surface area contributed by atoms with E-state index in [-0.39, 0.29) is 17.4 Å². The second kappa shape index (κ2) is 8.36. The predicted octanol–water partition coefficient (Wildman–Crippen LogP) is 2.00. The van der Waals surface area contributed by atoms with Gasteiger partial charge in [-0.15, -0.1) is 0 Å². The van der Waals surface area contributed by atoms with E-state index in [1.807, 2.05) is 6.92 Å². The number of benzene rings is 1. The van der Waals surface area contributed by atoms with E-state index in [1.54, 1.807) is 38.5 Å². The Balaban J connectivity index is 2.52. The van der Waals surface area contributed by atoms with Crippen molar-refractivity contribution in [1.82, 2.24) is 0 Å². The molecule has 0 spiro atoms. The van der Waals surface area contributed by atoms with E-state index in [0.717, 1.165) is 5.56 Å². The Morgan fingerprint density at radius 1 is 1.05 bits per heavy atom. The Morgan fingerprint density at radius 2 is 1.60 bits per heavy atom. The summed E-state index contributed by atoms with van der Waals surface area (Å²) in [5.41, 5.74) is 1.00. The standard InChI is InChI=1S/C14H22O5S/c1-12-4-6-14(7-5-12)20(15,16)19-9-8-13(10-17-2)11-18-3/h4-7,13H,8-11H2,1-3H3. The fourth-order valence-corrected chi connectivity index (χ4v) is 2.70. The Kier molecular flexibility index (Phi) is 7.15. The zero-order chi connectivity index (χ0) is 15.0. The molecule has 0 fully saturated rings. The van der Waals surface area contributed by atoms with E-state index in [0.29, 0.717) is 19.6 Å². The Bertz CT molecular complexity index is 475. The highest BCUT2D eigenvalue weighted by Gasteiger charge is 2.16. The van der Waals surface area contributed by atoms with E-state index in [9.17, 15) is 8.42 Å². The molecule has 6 heteroatoms. The molecule has 0 N–H and O–H groups in total. The average Bonchev–Trinajstić information content (AvgIpc) is 2.39. The summed E-state index contributed by atoms with van der Waals surface area (Å²) in [5.74, 6) is 0.123. The lowest BCUT2D eigenvalue weighted by atomic mass is 10.1. The first-order chi connectivity index (χ1) is 9.49. The van der Waals surface area contributed by atoms with Crippen LogP contribution in [0.2, 0.25) is 0 Å². The summed E-state index contributed by atoms with van der Waals surface area (Å²) in [5, 5.41) is 0. The Hall–Kier alpha value is -0.950. The lowest BCUT2D eigenvalue weighted by Gasteiger charge is -2.14. The maximum absolute atomic E-state index is 12.0. The van der Waals surface area contributed by atoms with Gasteiger partial charge in [0.1, 0.15) is 0 Å². The van der Waals surface area contributed by atoms with E-state index in [4.69, 9.17) is 13.7 Å². The molecular formula is C14H22O5S. The lowest BCUT2D eigenvalue weighted by Crippen LogP contribution is -2.18. The summed E-state index contributed by atoms with van der Waals surface area (Å²) in [7, 11) is -0.477. The number of rotatable bonds is 9. The molecule has 0 unspecified atom stereocenters. The van der Waals surface area contributed by atoms with Crippen LogP contribution in [0.4, 0.5) is 0 Å². The van der Waals surface area contributed by atoms with Crippen molar-refractivity contribution >= 4 is 10.1 Å². The topological polar surface area (TPSA) is 61.8 Å². The minimum absolute atomic E-state index is 0.119. The van der Waals surface area contributed by atoms with Crippen molar-refractivity contribution in [3.05, 3.63) is 29.8 Å². The average molecular weight is 302 g/mol. The third-order valence-corrected chi connectivity index (χ3v) is 4.21. The molecule has 0 saturated heterocycles. The van der Waals surface area contributed by atoms with Gasteiger partial charge in [0.15, 0.2) is 0 Å². The fraction of sp³-hybridized carbons (Fsp3) is 0.571. The van der Waals surface area contributed by atoms with E-state index >= 15 is 0 Å². The molecule has 0 amide bonds. The minimum atomic E-state index is -3.68. The van der Waals surface area contributed by atoms with Crippen molar-refractivity contribution in [3.63, 3.8) is 0 Å². The van der Waals surface area contributed by atoms with Crippen LogP contribution in [-0.2, 0) is 23.8 Å². The van der Waals surface area contributed by atoms with Gasteiger partial charge in [0.05, 0.1) is 24.7 Å². The van der Waals surface area contributed by atoms with Crippen LogP contribution in [0.3, 0.4) is 0 Å². The van der Waals surface area contributed by atoms with E-state index < -0.39 is 10.1 Å². The van der Waals surface area contributed by atoms with Crippen molar-refractivity contribution in [2.45, 2.75) is 18.2 Å². The Morgan fingerprint density at radius 3 is 2.10 bits per heavy atom. The van der Waals surface area contributed by atoms with Gasteiger partial charge >= 0.3 is 0 Å². The van der Waals surface area contributed by atoms with Crippen molar-refractivity contribution in [2.24, 2.45) is 5.92 Å². The molecule has 0 aliphatic rings. The molecule has 0 heterocycles. The molecule has 0 saturated carbocycles. The van der Waals surface area contributed by atoms with Crippen LogP contribution in [0.25, 0.3) is 0 Å². The van der Waals surface area contributed by atoms with Gasteiger partial charge < -0.3 is 9.47 Å². The number of methoxy groups -OCH3 is 2. The molecule has 0 bridgehead atoms. The van der Waals surface area contributed by atoms with Gasteiger partial charge in [-0.2, -0.15) is 8.42 Å². The number of hydrogen-bond donors (Lipinski definition) is 0. The second-order valence-corrected chi connectivity index (χ2v) is 6.27. The molecule has 0 aliphatic heterocycles. The van der Waals surface area contributed by atoms with Gasteiger partial charge in [-0.05, 0) is 25.5 Å². The zero-order valence-electron chi connectivity index (χ0n) is 12.2. The predicted molar refractivity (Wildman–Crippen MR) is 76.2 cm³/mol. The van der Waals surface area contributed by atoms with Gasteiger partial charge in [0.2, 0.25) is 0 Å². The third kappa shape index (κ3) is 5.58. The molecule has 5 nitrogen and oxygen atoms in total. The van der Waals surface area contributed by atoms with Crippen LogP contribution in [0, 0.1) is 12.8 Å². The molecule has 0 aromatic heterocycles. The summed E-state index contributed by atoms with van der Waals surface area (Å²) in [6.45, 7) is 3.05. The first kappa shape index (κ1) is 17.1.